The average molecular weight is 316 g/mol. The second-order valence-electron chi connectivity index (χ2n) is 4.72. The molecule has 0 aliphatic carbocycles. The minimum atomic E-state index is -3.39. The molecule has 114 valence electrons. The molecule has 0 aliphatic rings. The highest BCUT2D eigenvalue weighted by molar-refractivity contribution is 7.99. The van der Waals surface area contributed by atoms with Crippen LogP contribution in [-0.2, 0) is 16.6 Å². The SMILES string of the molecule is CCCNCc1ccc(S(=O)(=O)NCC(C)SC)cc1. The van der Waals surface area contributed by atoms with Gasteiger partial charge in [-0.05, 0) is 36.9 Å². The van der Waals surface area contributed by atoms with Crippen molar-refractivity contribution >= 4 is 21.8 Å². The number of sulfonamides is 1. The minimum absolute atomic E-state index is 0.266. The molecule has 20 heavy (non-hydrogen) atoms. The van der Waals surface area contributed by atoms with Gasteiger partial charge in [-0.25, -0.2) is 13.1 Å². The maximum Gasteiger partial charge on any atom is 0.240 e. The van der Waals surface area contributed by atoms with Crippen molar-refractivity contribution in [2.24, 2.45) is 0 Å². The molecule has 0 saturated heterocycles. The third-order valence-corrected chi connectivity index (χ3v) is 5.36. The van der Waals surface area contributed by atoms with Crippen LogP contribution in [0.4, 0.5) is 0 Å². The summed E-state index contributed by atoms with van der Waals surface area (Å²) < 4.78 is 26.8. The summed E-state index contributed by atoms with van der Waals surface area (Å²) in [4.78, 5) is 0.324. The van der Waals surface area contributed by atoms with Gasteiger partial charge in [-0.2, -0.15) is 11.8 Å². The van der Waals surface area contributed by atoms with Crippen LogP contribution in [0.1, 0.15) is 25.8 Å². The number of hydrogen-bond acceptors (Lipinski definition) is 4. The second kappa shape index (κ2) is 8.67. The van der Waals surface area contributed by atoms with Crippen molar-refractivity contribution in [1.82, 2.24) is 10.0 Å². The molecule has 1 atom stereocenters. The van der Waals surface area contributed by atoms with Gasteiger partial charge in [0.1, 0.15) is 0 Å². The summed E-state index contributed by atoms with van der Waals surface area (Å²) in [5.74, 6) is 0. The summed E-state index contributed by atoms with van der Waals surface area (Å²) in [5.41, 5.74) is 1.09. The first-order valence-electron chi connectivity index (χ1n) is 6.81. The summed E-state index contributed by atoms with van der Waals surface area (Å²) in [7, 11) is -3.39. The zero-order valence-corrected chi connectivity index (χ0v) is 14.0. The summed E-state index contributed by atoms with van der Waals surface area (Å²) >= 11 is 1.64. The van der Waals surface area contributed by atoms with Gasteiger partial charge in [0.2, 0.25) is 10.0 Å². The number of thioether (sulfide) groups is 1. The topological polar surface area (TPSA) is 58.2 Å². The largest absolute Gasteiger partial charge is 0.313 e. The van der Waals surface area contributed by atoms with Gasteiger partial charge in [0.25, 0.3) is 0 Å². The van der Waals surface area contributed by atoms with E-state index in [-0.39, 0.29) is 5.25 Å². The molecule has 0 aromatic heterocycles. The van der Waals surface area contributed by atoms with Gasteiger partial charge < -0.3 is 5.32 Å². The lowest BCUT2D eigenvalue weighted by Gasteiger charge is -2.11. The predicted molar refractivity (Wildman–Crippen MR) is 86.6 cm³/mol. The van der Waals surface area contributed by atoms with Crippen molar-refractivity contribution in [2.75, 3.05) is 19.3 Å². The Bertz CT molecular complexity index is 486. The van der Waals surface area contributed by atoms with Crippen LogP contribution in [-0.4, -0.2) is 33.0 Å². The van der Waals surface area contributed by atoms with Crippen LogP contribution in [0.5, 0.6) is 0 Å². The maximum absolute atomic E-state index is 12.1. The Balaban J connectivity index is 2.62. The lowest BCUT2D eigenvalue weighted by Crippen LogP contribution is -2.29. The maximum atomic E-state index is 12.1. The molecule has 1 aromatic rings. The first kappa shape index (κ1) is 17.5. The van der Waals surface area contributed by atoms with E-state index in [1.165, 1.54) is 0 Å². The molecule has 0 spiro atoms. The standard InChI is InChI=1S/C14H24N2O2S2/c1-4-9-15-11-13-5-7-14(8-6-13)20(17,18)16-10-12(2)19-3/h5-8,12,15-16H,4,9-11H2,1-3H3. The van der Waals surface area contributed by atoms with Gasteiger partial charge in [0.05, 0.1) is 4.90 Å². The number of rotatable bonds is 9. The number of hydrogen-bond donors (Lipinski definition) is 2. The van der Waals surface area contributed by atoms with Crippen LogP contribution in [0.3, 0.4) is 0 Å². The van der Waals surface area contributed by atoms with E-state index in [1.807, 2.05) is 25.3 Å². The summed E-state index contributed by atoms with van der Waals surface area (Å²) in [6.45, 7) is 6.29. The Morgan fingerprint density at radius 3 is 2.45 bits per heavy atom. The van der Waals surface area contributed by atoms with Crippen molar-refractivity contribution in [3.05, 3.63) is 29.8 Å². The quantitative estimate of drug-likeness (QED) is 0.686. The molecular formula is C14H24N2O2S2. The van der Waals surface area contributed by atoms with Crippen molar-refractivity contribution in [3.8, 4) is 0 Å². The summed E-state index contributed by atoms with van der Waals surface area (Å²) in [6, 6.07) is 7.04. The molecule has 0 fully saturated rings. The smallest absolute Gasteiger partial charge is 0.240 e. The zero-order valence-electron chi connectivity index (χ0n) is 12.3. The Labute approximate surface area is 126 Å². The van der Waals surface area contributed by atoms with E-state index in [0.717, 1.165) is 25.1 Å². The Morgan fingerprint density at radius 1 is 1.25 bits per heavy atom. The molecule has 4 nitrogen and oxygen atoms in total. The fourth-order valence-corrected chi connectivity index (χ4v) is 3.08. The molecule has 0 aliphatic heterocycles. The van der Waals surface area contributed by atoms with E-state index in [1.54, 1.807) is 23.9 Å². The third-order valence-electron chi connectivity index (χ3n) is 2.95. The van der Waals surface area contributed by atoms with Gasteiger partial charge in [-0.15, -0.1) is 0 Å². The molecule has 0 amide bonds. The van der Waals surface area contributed by atoms with Crippen molar-refractivity contribution in [2.45, 2.75) is 37.0 Å². The molecule has 0 heterocycles. The predicted octanol–water partition coefficient (Wildman–Crippen LogP) is 2.22. The molecule has 1 rings (SSSR count). The molecule has 1 aromatic carbocycles. The van der Waals surface area contributed by atoms with E-state index in [0.29, 0.717) is 11.4 Å². The molecule has 6 heteroatoms. The van der Waals surface area contributed by atoms with Crippen molar-refractivity contribution < 1.29 is 8.42 Å². The van der Waals surface area contributed by atoms with Crippen LogP contribution in [0.25, 0.3) is 0 Å². The Kier molecular flexibility index (Phi) is 7.58. The average Bonchev–Trinajstić information content (AvgIpc) is 2.45. The lowest BCUT2D eigenvalue weighted by atomic mass is 10.2. The highest BCUT2D eigenvalue weighted by Crippen LogP contribution is 2.11. The van der Waals surface area contributed by atoms with E-state index >= 15 is 0 Å². The van der Waals surface area contributed by atoms with Crippen LogP contribution >= 0.6 is 11.8 Å². The van der Waals surface area contributed by atoms with Gasteiger partial charge >= 0.3 is 0 Å². The molecule has 2 N–H and O–H groups in total. The summed E-state index contributed by atoms with van der Waals surface area (Å²) in [5, 5.41) is 3.56. The molecule has 1 unspecified atom stereocenters. The zero-order chi connectivity index (χ0) is 15.0. The first-order chi connectivity index (χ1) is 9.49. The second-order valence-corrected chi connectivity index (χ2v) is 7.76. The first-order valence-corrected chi connectivity index (χ1v) is 9.58. The van der Waals surface area contributed by atoms with Gasteiger partial charge in [0, 0.05) is 18.3 Å². The molecule has 0 radical (unpaired) electrons. The van der Waals surface area contributed by atoms with E-state index in [2.05, 4.69) is 17.0 Å². The lowest BCUT2D eigenvalue weighted by molar-refractivity contribution is 0.581. The molecular weight excluding hydrogens is 292 g/mol. The number of nitrogens with one attached hydrogen (secondary N) is 2. The van der Waals surface area contributed by atoms with Crippen molar-refractivity contribution in [3.63, 3.8) is 0 Å². The molecule has 0 bridgehead atoms. The monoisotopic (exact) mass is 316 g/mol. The van der Waals surface area contributed by atoms with Crippen LogP contribution in [0, 0.1) is 0 Å². The van der Waals surface area contributed by atoms with Gasteiger partial charge in [-0.3, -0.25) is 0 Å². The van der Waals surface area contributed by atoms with Crippen LogP contribution < -0.4 is 10.0 Å². The number of benzene rings is 1. The fourth-order valence-electron chi connectivity index (χ4n) is 1.59. The fraction of sp³-hybridized carbons (Fsp3) is 0.571. The summed E-state index contributed by atoms with van der Waals surface area (Å²) in [6.07, 6.45) is 3.06. The highest BCUT2D eigenvalue weighted by atomic mass is 32.2. The van der Waals surface area contributed by atoms with E-state index in [4.69, 9.17) is 0 Å². The van der Waals surface area contributed by atoms with Gasteiger partial charge in [0.15, 0.2) is 0 Å². The van der Waals surface area contributed by atoms with Crippen molar-refractivity contribution in [1.29, 1.82) is 0 Å². The van der Waals surface area contributed by atoms with E-state index < -0.39 is 10.0 Å². The Hall–Kier alpha value is -0.560. The minimum Gasteiger partial charge on any atom is -0.313 e. The normalized spacial score (nSPS) is 13.3. The van der Waals surface area contributed by atoms with Gasteiger partial charge in [-0.1, -0.05) is 26.0 Å². The van der Waals surface area contributed by atoms with Crippen LogP contribution in [0.15, 0.2) is 29.2 Å². The van der Waals surface area contributed by atoms with Crippen LogP contribution in [0.2, 0.25) is 0 Å². The third kappa shape index (κ3) is 5.83. The highest BCUT2D eigenvalue weighted by Gasteiger charge is 2.14. The Morgan fingerprint density at radius 2 is 1.90 bits per heavy atom. The molecule has 0 saturated carbocycles. The van der Waals surface area contributed by atoms with E-state index in [9.17, 15) is 8.42 Å².